The molecule has 0 fully saturated rings. The molecule has 11 rings (SSSR count). The van der Waals surface area contributed by atoms with Crippen molar-refractivity contribution >= 4 is 59.6 Å². The molecule has 236 valence electrons. The molecule has 4 nitrogen and oxygen atoms in total. The topological polar surface area (TPSA) is 43.1 Å². The van der Waals surface area contributed by atoms with Crippen molar-refractivity contribution in [2.24, 2.45) is 0 Å². The quantitative estimate of drug-likeness (QED) is 0.178. The molecule has 11 aromatic rings. The predicted molar refractivity (Wildman–Crippen MR) is 211 cm³/mol. The van der Waals surface area contributed by atoms with Crippen molar-refractivity contribution in [1.29, 1.82) is 0 Å². The second kappa shape index (κ2) is 10.8. The first-order valence-corrected chi connectivity index (χ1v) is 17.3. The molecule has 0 aliphatic carbocycles. The number of hydrogen-bond donors (Lipinski definition) is 0. The Morgan fingerprint density at radius 2 is 0.922 bits per heavy atom. The zero-order valence-corrected chi connectivity index (χ0v) is 27.5. The number of fused-ring (bicyclic) bond motifs is 9. The van der Waals surface area contributed by atoms with Gasteiger partial charge in [0.1, 0.15) is 0 Å². The highest BCUT2D eigenvalue weighted by Crippen LogP contribution is 2.46. The smallest absolute Gasteiger partial charge is 0.164 e. The van der Waals surface area contributed by atoms with Crippen LogP contribution in [-0.2, 0) is 0 Å². The van der Waals surface area contributed by atoms with Crippen LogP contribution < -0.4 is 0 Å². The van der Waals surface area contributed by atoms with Gasteiger partial charge >= 0.3 is 0 Å². The second-order valence-electron chi connectivity index (χ2n) is 13.2. The van der Waals surface area contributed by atoms with E-state index < -0.39 is 0 Å². The van der Waals surface area contributed by atoms with Gasteiger partial charge in [0.05, 0.1) is 16.6 Å². The molecule has 4 heteroatoms. The fourth-order valence-electron chi connectivity index (χ4n) is 8.07. The zero-order valence-electron chi connectivity index (χ0n) is 27.5. The van der Waals surface area contributed by atoms with E-state index in [-0.39, 0.29) is 0 Å². The van der Waals surface area contributed by atoms with Crippen LogP contribution in [0.1, 0.15) is 0 Å². The van der Waals surface area contributed by atoms with Crippen LogP contribution in [0.15, 0.2) is 170 Å². The molecule has 0 aliphatic rings. The molecule has 0 aliphatic heterocycles. The molecular weight excluding hydrogens is 621 g/mol. The maximum Gasteiger partial charge on any atom is 0.164 e. The number of aromatic nitrogens is 4. The van der Waals surface area contributed by atoms with E-state index in [0.29, 0.717) is 17.5 Å². The summed E-state index contributed by atoms with van der Waals surface area (Å²) in [6.07, 6.45) is 0. The summed E-state index contributed by atoms with van der Waals surface area (Å²) in [5.41, 5.74) is 8.88. The highest BCUT2D eigenvalue weighted by molar-refractivity contribution is 6.28. The monoisotopic (exact) mass is 648 g/mol. The van der Waals surface area contributed by atoms with Crippen molar-refractivity contribution in [3.05, 3.63) is 170 Å². The number of hydrogen-bond acceptors (Lipinski definition) is 3. The summed E-state index contributed by atoms with van der Waals surface area (Å²) >= 11 is 0. The standard InChI is InChI=1S/C47H28N4/c1-3-13-31(14-4-1)45-48-46(32-15-5-2-6-16-32)50-47(49-45)39-27-26-37-36-20-11-19-35(43(36)51-41-21-10-9-18-38(41)42(39)44(37)51)33-25-24-30-23-22-29-12-7-8-17-34(29)40(30)28-33/h1-28H. The zero-order chi connectivity index (χ0) is 33.5. The summed E-state index contributed by atoms with van der Waals surface area (Å²) in [6.45, 7) is 0. The maximum absolute atomic E-state index is 5.15. The minimum atomic E-state index is 0.657. The third kappa shape index (κ3) is 4.17. The van der Waals surface area contributed by atoms with Crippen LogP contribution in [0.4, 0.5) is 0 Å². The summed E-state index contributed by atoms with van der Waals surface area (Å²) in [6, 6.07) is 60.3. The lowest BCUT2D eigenvalue weighted by molar-refractivity contribution is 1.08. The summed E-state index contributed by atoms with van der Waals surface area (Å²) in [5, 5.41) is 9.81. The van der Waals surface area contributed by atoms with Crippen LogP contribution in [0, 0.1) is 0 Å². The van der Waals surface area contributed by atoms with Gasteiger partial charge < -0.3 is 4.40 Å². The van der Waals surface area contributed by atoms with E-state index >= 15 is 0 Å². The number of nitrogens with zero attached hydrogens (tertiary/aromatic N) is 4. The lowest BCUT2D eigenvalue weighted by atomic mass is 9.95. The minimum absolute atomic E-state index is 0.657. The Kier molecular flexibility index (Phi) is 5.92. The van der Waals surface area contributed by atoms with E-state index in [9.17, 15) is 0 Å². The van der Waals surface area contributed by atoms with Gasteiger partial charge in [-0.15, -0.1) is 0 Å². The van der Waals surface area contributed by atoms with Crippen molar-refractivity contribution < 1.29 is 0 Å². The Hall–Kier alpha value is -6.91. The van der Waals surface area contributed by atoms with E-state index in [4.69, 9.17) is 15.0 Å². The number of benzene rings is 8. The molecule has 3 heterocycles. The van der Waals surface area contributed by atoms with Gasteiger partial charge in [-0.3, -0.25) is 0 Å². The molecule has 0 saturated heterocycles. The molecule has 0 spiro atoms. The molecule has 0 N–H and O–H groups in total. The van der Waals surface area contributed by atoms with Gasteiger partial charge in [-0.2, -0.15) is 0 Å². The molecule has 3 aromatic heterocycles. The summed E-state index contributed by atoms with van der Waals surface area (Å²) in [5.74, 6) is 1.98. The van der Waals surface area contributed by atoms with Crippen molar-refractivity contribution in [1.82, 2.24) is 19.4 Å². The Labute approximate surface area is 293 Å². The van der Waals surface area contributed by atoms with Crippen molar-refractivity contribution in [3.8, 4) is 45.3 Å². The third-order valence-corrected chi connectivity index (χ3v) is 10.4. The maximum atomic E-state index is 5.15. The van der Waals surface area contributed by atoms with Crippen LogP contribution in [0.5, 0.6) is 0 Å². The molecule has 0 atom stereocenters. The predicted octanol–water partition coefficient (Wildman–Crippen LogP) is 12.0. The molecule has 0 amide bonds. The average molecular weight is 649 g/mol. The van der Waals surface area contributed by atoms with Gasteiger partial charge in [0.25, 0.3) is 0 Å². The summed E-state index contributed by atoms with van der Waals surface area (Å²) in [4.78, 5) is 15.3. The minimum Gasteiger partial charge on any atom is -0.307 e. The molecule has 0 unspecified atom stereocenters. The van der Waals surface area contributed by atoms with Crippen LogP contribution in [-0.4, -0.2) is 19.4 Å². The average Bonchev–Trinajstić information content (AvgIpc) is 3.74. The third-order valence-electron chi connectivity index (χ3n) is 10.4. The van der Waals surface area contributed by atoms with E-state index in [0.717, 1.165) is 22.1 Å². The van der Waals surface area contributed by atoms with E-state index in [1.54, 1.807) is 0 Å². The molecule has 0 radical (unpaired) electrons. The normalized spacial score (nSPS) is 11.9. The fraction of sp³-hybridized carbons (Fsp3) is 0. The van der Waals surface area contributed by atoms with Gasteiger partial charge in [0, 0.05) is 43.8 Å². The SMILES string of the molecule is c1ccc(-c2nc(-c3ccccc3)nc(-c3ccc4c5cccc(-c6ccc7ccc8ccccc8c7c6)c5n5c6ccccc6c3c45)n2)cc1. The van der Waals surface area contributed by atoms with Gasteiger partial charge in [0.15, 0.2) is 17.5 Å². The first kappa shape index (κ1) is 28.0. The van der Waals surface area contributed by atoms with Crippen LogP contribution in [0.3, 0.4) is 0 Å². The van der Waals surface area contributed by atoms with Gasteiger partial charge in [-0.25, -0.2) is 15.0 Å². The Bertz CT molecular complexity index is 3070. The highest BCUT2D eigenvalue weighted by Gasteiger charge is 2.24. The first-order chi connectivity index (χ1) is 25.3. The molecule has 0 bridgehead atoms. The summed E-state index contributed by atoms with van der Waals surface area (Å²) in [7, 11) is 0. The van der Waals surface area contributed by atoms with Crippen LogP contribution in [0.2, 0.25) is 0 Å². The Morgan fingerprint density at radius 3 is 1.69 bits per heavy atom. The van der Waals surface area contributed by atoms with Crippen LogP contribution in [0.25, 0.3) is 105 Å². The lowest BCUT2D eigenvalue weighted by Crippen LogP contribution is -2.00. The Balaban J connectivity index is 1.22. The van der Waals surface area contributed by atoms with Crippen LogP contribution >= 0.6 is 0 Å². The Morgan fingerprint density at radius 1 is 0.333 bits per heavy atom. The summed E-state index contributed by atoms with van der Waals surface area (Å²) < 4.78 is 2.47. The number of para-hydroxylation sites is 2. The van der Waals surface area contributed by atoms with E-state index in [2.05, 4.69) is 138 Å². The fourth-order valence-corrected chi connectivity index (χ4v) is 8.07. The van der Waals surface area contributed by atoms with Crippen molar-refractivity contribution in [3.63, 3.8) is 0 Å². The first-order valence-electron chi connectivity index (χ1n) is 17.3. The van der Waals surface area contributed by atoms with Gasteiger partial charge in [-0.1, -0.05) is 152 Å². The largest absolute Gasteiger partial charge is 0.307 e. The van der Waals surface area contributed by atoms with Crippen molar-refractivity contribution in [2.45, 2.75) is 0 Å². The molecule has 0 saturated carbocycles. The number of rotatable bonds is 4. The van der Waals surface area contributed by atoms with E-state index in [1.165, 1.54) is 65.4 Å². The van der Waals surface area contributed by atoms with Crippen molar-refractivity contribution in [2.75, 3.05) is 0 Å². The molecule has 51 heavy (non-hydrogen) atoms. The van der Waals surface area contributed by atoms with Gasteiger partial charge in [-0.05, 0) is 45.3 Å². The highest BCUT2D eigenvalue weighted by atomic mass is 15.0. The van der Waals surface area contributed by atoms with Gasteiger partial charge in [0.2, 0.25) is 0 Å². The van der Waals surface area contributed by atoms with E-state index in [1.807, 2.05) is 36.4 Å². The molecule has 8 aromatic carbocycles. The molecular formula is C47H28N4. The second-order valence-corrected chi connectivity index (χ2v) is 13.2. The lowest BCUT2D eigenvalue weighted by Gasteiger charge is -2.10.